The Bertz CT molecular complexity index is 1420. The number of carbonyl (C=O) groups is 3. The SMILES string of the molecule is [2H]C1=C[C@@]2(C)C(=C([2H])C1=O)C([2H])([2H])C[C@@H]1[C@@H]2[C@@H](O)C[C@@]2(C)[C@H]1C[C@H]1O[C@@]([2H])(C3CCCCC3)O[C@]12C(=O)C([2H])([2H])OC(=O)C(C)C. The van der Waals surface area contributed by atoms with Gasteiger partial charge in [-0.3, -0.25) is 14.4 Å². The van der Waals surface area contributed by atoms with E-state index in [0.717, 1.165) is 19.3 Å². The molecule has 39 heavy (non-hydrogen) atoms. The maximum Gasteiger partial charge on any atom is 0.308 e. The van der Waals surface area contributed by atoms with Gasteiger partial charge in [0.1, 0.15) is 0 Å². The number of esters is 1. The van der Waals surface area contributed by atoms with E-state index in [-0.39, 0.29) is 24.8 Å². The van der Waals surface area contributed by atoms with Gasteiger partial charge in [-0.2, -0.15) is 0 Å². The minimum atomic E-state index is -3.16. The Kier molecular flexibility index (Phi) is 4.97. The standard InChI is InChI=1S/C32H44O7/c1-18(2)28(36)37-17-25(35)32-26(38-29(39-32)19-8-6-5-7-9-19)15-23-22-11-10-20-14-21(33)12-13-30(20,3)27(22)24(34)16-31(23,32)4/h12-14,18-19,22-24,26-27,29,34H,5-11,15-17H2,1-4H3/t22-,23-,24-,26+,27+,29+,30-,31-,32+/m0/s1/i10D2,12D,14D,17D2,29D. The largest absolute Gasteiger partial charge is 0.457 e. The maximum atomic E-state index is 14.7. The summed E-state index contributed by atoms with van der Waals surface area (Å²) in [5.74, 6) is -6.12. The second kappa shape index (κ2) is 9.63. The Morgan fingerprint density at radius 1 is 1.28 bits per heavy atom. The number of aliphatic hydroxyl groups is 1. The van der Waals surface area contributed by atoms with E-state index in [1.165, 1.54) is 19.9 Å². The lowest BCUT2D eigenvalue weighted by atomic mass is 9.46. The zero-order valence-electron chi connectivity index (χ0n) is 30.2. The van der Waals surface area contributed by atoms with Gasteiger partial charge in [0.05, 0.1) is 25.0 Å². The molecule has 1 heterocycles. The molecule has 0 aromatic heterocycles. The number of hydrogen-bond donors (Lipinski definition) is 1. The van der Waals surface area contributed by atoms with Crippen molar-refractivity contribution in [2.75, 3.05) is 6.56 Å². The molecule has 0 amide bonds. The van der Waals surface area contributed by atoms with Crippen LogP contribution in [-0.4, -0.2) is 53.3 Å². The summed E-state index contributed by atoms with van der Waals surface area (Å²) >= 11 is 0. The number of ether oxygens (including phenoxy) is 3. The Morgan fingerprint density at radius 3 is 2.74 bits per heavy atom. The fourth-order valence-electron chi connectivity index (χ4n) is 8.65. The third-order valence-corrected chi connectivity index (χ3v) is 10.6. The van der Waals surface area contributed by atoms with Crippen molar-refractivity contribution in [3.8, 4) is 0 Å². The Morgan fingerprint density at radius 2 is 2.03 bits per heavy atom. The molecule has 1 aliphatic heterocycles. The van der Waals surface area contributed by atoms with Crippen LogP contribution in [0.5, 0.6) is 0 Å². The van der Waals surface area contributed by atoms with Crippen molar-refractivity contribution < 1.29 is 43.3 Å². The summed E-state index contributed by atoms with van der Waals surface area (Å²) in [7, 11) is 0. The summed E-state index contributed by atoms with van der Waals surface area (Å²) < 4.78 is 79.8. The summed E-state index contributed by atoms with van der Waals surface area (Å²) in [5.41, 5.74) is -4.96. The van der Waals surface area contributed by atoms with Gasteiger partial charge < -0.3 is 19.3 Å². The maximum absolute atomic E-state index is 14.7. The van der Waals surface area contributed by atoms with Crippen LogP contribution in [-0.2, 0) is 28.6 Å². The molecule has 4 saturated carbocycles. The molecule has 1 N–H and O–H groups in total. The molecule has 7 nitrogen and oxygen atoms in total. The predicted octanol–water partition coefficient (Wildman–Crippen LogP) is 4.70. The molecular formula is C32H44O7. The van der Waals surface area contributed by atoms with Gasteiger partial charge in [-0.1, -0.05) is 58.6 Å². The molecule has 0 aromatic carbocycles. The summed E-state index contributed by atoms with van der Waals surface area (Å²) in [6.07, 6.45) is -1.54. The molecule has 6 aliphatic rings. The first-order valence-electron chi connectivity index (χ1n) is 18.0. The highest BCUT2D eigenvalue weighted by atomic mass is 16.7. The lowest BCUT2D eigenvalue weighted by molar-refractivity contribution is -0.210. The van der Waals surface area contributed by atoms with Crippen LogP contribution < -0.4 is 0 Å². The fraction of sp³-hybridized carbons (Fsp3) is 0.781. The van der Waals surface area contributed by atoms with Gasteiger partial charge in [0.2, 0.25) is 5.78 Å². The molecule has 7 heteroatoms. The van der Waals surface area contributed by atoms with Crippen LogP contribution in [0.15, 0.2) is 23.8 Å². The molecule has 9 atom stereocenters. The highest BCUT2D eigenvalue weighted by Gasteiger charge is 2.76. The summed E-state index contributed by atoms with van der Waals surface area (Å²) in [4.78, 5) is 39.9. The van der Waals surface area contributed by atoms with Crippen molar-refractivity contribution in [1.82, 2.24) is 0 Å². The van der Waals surface area contributed by atoms with Crippen molar-refractivity contribution in [3.63, 3.8) is 0 Å². The normalized spacial score (nSPS) is 51.9. The van der Waals surface area contributed by atoms with Crippen molar-refractivity contribution in [2.24, 2.45) is 40.4 Å². The van der Waals surface area contributed by atoms with Crippen LogP contribution in [0, 0.1) is 40.4 Å². The Balaban J connectivity index is 1.48. The van der Waals surface area contributed by atoms with E-state index in [9.17, 15) is 20.9 Å². The second-order valence-electron chi connectivity index (χ2n) is 13.1. The number of Topliss-reactive ketones (excluding diaryl/α,β-unsaturated/α-hetero) is 1. The number of ketones is 2. The number of hydrogen-bond acceptors (Lipinski definition) is 7. The molecule has 5 aliphatic carbocycles. The number of carbonyl (C=O) groups excluding carboxylic acids is 3. The highest BCUT2D eigenvalue weighted by molar-refractivity contribution is 6.01. The summed E-state index contributed by atoms with van der Waals surface area (Å²) in [6.45, 7) is 3.21. The van der Waals surface area contributed by atoms with E-state index in [1.807, 2.05) is 0 Å². The van der Waals surface area contributed by atoms with E-state index in [0.29, 0.717) is 12.8 Å². The van der Waals surface area contributed by atoms with E-state index < -0.39 is 107 Å². The lowest BCUT2D eigenvalue weighted by Gasteiger charge is -2.59. The van der Waals surface area contributed by atoms with E-state index in [2.05, 4.69) is 0 Å². The number of rotatable bonds is 5. The molecular weight excluding hydrogens is 496 g/mol. The first kappa shape index (κ1) is 20.1. The van der Waals surface area contributed by atoms with Gasteiger partial charge in [-0.05, 0) is 62.4 Å². The van der Waals surface area contributed by atoms with Gasteiger partial charge in [0, 0.05) is 25.4 Å². The third-order valence-electron chi connectivity index (χ3n) is 10.6. The second-order valence-corrected chi connectivity index (χ2v) is 13.1. The van der Waals surface area contributed by atoms with Crippen LogP contribution in [0.2, 0.25) is 0 Å². The molecule has 1 saturated heterocycles. The lowest BCUT2D eigenvalue weighted by Crippen LogP contribution is -2.63. The van der Waals surface area contributed by atoms with Crippen LogP contribution in [0.25, 0.3) is 0 Å². The average Bonchev–Trinajstić information content (AvgIpc) is 3.38. The molecule has 0 aromatic rings. The predicted molar refractivity (Wildman–Crippen MR) is 143 cm³/mol. The van der Waals surface area contributed by atoms with Crippen LogP contribution >= 0.6 is 0 Å². The molecule has 214 valence electrons. The molecule has 0 bridgehead atoms. The van der Waals surface area contributed by atoms with Gasteiger partial charge >= 0.3 is 5.97 Å². The summed E-state index contributed by atoms with van der Waals surface area (Å²) in [5, 5.41) is 12.0. The topological polar surface area (TPSA) is 99.1 Å². The summed E-state index contributed by atoms with van der Waals surface area (Å²) in [6, 6.07) is -1.02. The molecule has 0 radical (unpaired) electrons. The van der Waals surface area contributed by atoms with Crippen molar-refractivity contribution >= 4 is 17.5 Å². The van der Waals surface area contributed by atoms with Crippen molar-refractivity contribution in [2.45, 2.75) is 110 Å². The first-order chi connectivity index (χ1) is 21.2. The average molecular weight is 548 g/mol. The minimum Gasteiger partial charge on any atom is -0.457 e. The molecule has 0 unspecified atom stereocenters. The molecule has 5 fully saturated rings. The van der Waals surface area contributed by atoms with Crippen molar-refractivity contribution in [3.05, 3.63) is 23.8 Å². The van der Waals surface area contributed by atoms with Crippen LogP contribution in [0.3, 0.4) is 0 Å². The molecule has 0 spiro atoms. The Labute approximate surface area is 241 Å². The first-order valence-corrected chi connectivity index (χ1v) is 14.5. The van der Waals surface area contributed by atoms with Crippen molar-refractivity contribution in [1.29, 1.82) is 0 Å². The number of aliphatic hydroxyl groups excluding tert-OH is 1. The van der Waals surface area contributed by atoms with E-state index in [4.69, 9.17) is 22.4 Å². The van der Waals surface area contributed by atoms with Gasteiger partial charge in [0.15, 0.2) is 24.2 Å². The van der Waals surface area contributed by atoms with Gasteiger partial charge in [0.25, 0.3) is 0 Å². The third kappa shape index (κ3) is 3.97. The van der Waals surface area contributed by atoms with Crippen LogP contribution in [0.1, 0.15) is 95.0 Å². The monoisotopic (exact) mass is 547 g/mol. The number of allylic oxidation sites excluding steroid dienone is 4. The quantitative estimate of drug-likeness (QED) is 0.498. The van der Waals surface area contributed by atoms with Gasteiger partial charge in [-0.25, -0.2) is 0 Å². The molecule has 6 rings (SSSR count). The minimum absolute atomic E-state index is 0.0687. The smallest absolute Gasteiger partial charge is 0.308 e. The van der Waals surface area contributed by atoms with Crippen LogP contribution in [0.4, 0.5) is 0 Å². The van der Waals surface area contributed by atoms with Gasteiger partial charge in [-0.15, -0.1) is 0 Å². The Hall–Kier alpha value is -1.83. The van der Waals surface area contributed by atoms with E-state index in [1.54, 1.807) is 13.8 Å². The highest BCUT2D eigenvalue weighted by Crippen LogP contribution is 2.70. The van der Waals surface area contributed by atoms with E-state index >= 15 is 0 Å². The zero-order chi connectivity index (χ0) is 34.0. The fourth-order valence-corrected chi connectivity index (χ4v) is 8.65. The number of fused-ring (bicyclic) bond motifs is 7. The zero-order valence-corrected chi connectivity index (χ0v) is 23.2.